The summed E-state index contributed by atoms with van der Waals surface area (Å²) in [6, 6.07) is 60.6. The van der Waals surface area contributed by atoms with E-state index < -0.39 is 0 Å². The lowest BCUT2D eigenvalue weighted by Crippen LogP contribution is -2.33. The molecule has 0 fully saturated rings. The summed E-state index contributed by atoms with van der Waals surface area (Å²) in [4.78, 5) is 20.2. The van der Waals surface area contributed by atoms with Gasteiger partial charge in [0.05, 0.1) is 0 Å². The summed E-state index contributed by atoms with van der Waals surface area (Å²) < 4.78 is 8.86. The van der Waals surface area contributed by atoms with Gasteiger partial charge in [-0.15, -0.1) is 11.3 Å². The summed E-state index contributed by atoms with van der Waals surface area (Å²) in [6.07, 6.45) is -0.246. The van der Waals surface area contributed by atoms with Crippen molar-refractivity contribution >= 4 is 65.2 Å². The minimum atomic E-state index is -0.246. The van der Waals surface area contributed by atoms with E-state index in [1.165, 1.54) is 25.7 Å². The number of thiophene rings is 1. The molecule has 1 aliphatic rings. The third-order valence-corrected chi connectivity index (χ3v) is 11.5. The Labute approximate surface area is 326 Å². The summed E-state index contributed by atoms with van der Waals surface area (Å²) in [7, 11) is 0. The lowest BCUT2D eigenvalue weighted by molar-refractivity contribution is 0.667. The lowest BCUT2D eigenvalue weighted by atomic mass is 9.97. The van der Waals surface area contributed by atoms with E-state index in [-0.39, 0.29) is 6.17 Å². The van der Waals surface area contributed by atoms with Crippen LogP contribution in [0.2, 0.25) is 0 Å². The number of nitrogens with one attached hydrogen (secondary N) is 1. The summed E-state index contributed by atoms with van der Waals surface area (Å²) >= 11 is 1.79. The zero-order chi connectivity index (χ0) is 37.0. The zero-order valence-corrected chi connectivity index (χ0v) is 30.7. The van der Waals surface area contributed by atoms with Gasteiger partial charge in [-0.2, -0.15) is 0 Å². The average Bonchev–Trinajstić information content (AvgIpc) is 3.85. The summed E-state index contributed by atoms with van der Waals surface area (Å²) in [5, 5.41) is 6.97. The Bertz CT molecular complexity index is 3150. The van der Waals surface area contributed by atoms with Crippen molar-refractivity contribution in [1.29, 1.82) is 0 Å². The quantitative estimate of drug-likeness (QED) is 0.184. The van der Waals surface area contributed by atoms with Gasteiger partial charge in [-0.1, -0.05) is 152 Å². The molecule has 0 bridgehead atoms. The van der Waals surface area contributed by atoms with Crippen LogP contribution in [-0.4, -0.2) is 21.6 Å². The molecule has 10 aromatic rings. The van der Waals surface area contributed by atoms with Crippen molar-refractivity contribution < 1.29 is 4.42 Å². The molecule has 3 aromatic heterocycles. The first-order valence-corrected chi connectivity index (χ1v) is 19.4. The Balaban J connectivity index is 0.993. The molecular weight excluding hydrogens is 707 g/mol. The number of aromatic nitrogens is 2. The maximum Gasteiger partial charge on any atom is 0.180 e. The van der Waals surface area contributed by atoms with E-state index in [2.05, 4.69) is 96.3 Å². The fraction of sp³-hybridized carbons (Fsp3) is 0.0204. The third kappa shape index (κ3) is 5.56. The van der Waals surface area contributed by atoms with Gasteiger partial charge in [0.1, 0.15) is 28.8 Å². The van der Waals surface area contributed by atoms with Crippen molar-refractivity contribution in [3.8, 4) is 33.8 Å². The number of amidine groups is 2. The van der Waals surface area contributed by atoms with Crippen LogP contribution in [0.1, 0.15) is 22.9 Å². The Morgan fingerprint density at radius 1 is 0.536 bits per heavy atom. The number of furan rings is 1. The van der Waals surface area contributed by atoms with E-state index >= 15 is 0 Å². The number of para-hydroxylation sites is 1. The highest BCUT2D eigenvalue weighted by Gasteiger charge is 2.22. The molecule has 0 spiro atoms. The van der Waals surface area contributed by atoms with E-state index in [9.17, 15) is 0 Å². The van der Waals surface area contributed by atoms with Gasteiger partial charge in [0.25, 0.3) is 0 Å². The molecule has 6 nitrogen and oxygen atoms in total. The van der Waals surface area contributed by atoms with Gasteiger partial charge in [-0.25, -0.2) is 20.0 Å². The Morgan fingerprint density at radius 2 is 1.23 bits per heavy atom. The van der Waals surface area contributed by atoms with Crippen molar-refractivity contribution in [2.75, 3.05) is 0 Å². The molecule has 264 valence electrons. The third-order valence-electron chi connectivity index (χ3n) is 10.4. The molecule has 56 heavy (non-hydrogen) atoms. The molecule has 7 heteroatoms. The van der Waals surface area contributed by atoms with Crippen LogP contribution in [0.25, 0.3) is 76.0 Å². The summed E-state index contributed by atoms with van der Waals surface area (Å²) in [6.45, 7) is 0. The van der Waals surface area contributed by atoms with Crippen molar-refractivity contribution in [2.24, 2.45) is 9.98 Å². The van der Waals surface area contributed by atoms with Gasteiger partial charge in [-0.05, 0) is 41.0 Å². The molecule has 0 radical (unpaired) electrons. The number of hydrogen-bond donors (Lipinski definition) is 1. The first-order chi connectivity index (χ1) is 27.7. The number of fused-ring (bicyclic) bond motifs is 6. The van der Waals surface area contributed by atoms with E-state index in [0.717, 1.165) is 61.4 Å². The van der Waals surface area contributed by atoms with Crippen LogP contribution in [-0.2, 0) is 0 Å². The fourth-order valence-electron chi connectivity index (χ4n) is 7.64. The minimum absolute atomic E-state index is 0.246. The molecule has 11 rings (SSSR count). The van der Waals surface area contributed by atoms with Crippen LogP contribution in [0.4, 0.5) is 0 Å². The SMILES string of the molecule is c1ccc(C2=NC(c3ccc(-c4cccc5sc6cc(-c7nc(-c8ccccc8)nc8c7oc7ccccc78)ccc6c45)cc3)=NC(c3ccccc3)N2)cc1. The van der Waals surface area contributed by atoms with E-state index in [0.29, 0.717) is 17.2 Å². The molecule has 4 heterocycles. The van der Waals surface area contributed by atoms with E-state index in [1.807, 2.05) is 84.9 Å². The van der Waals surface area contributed by atoms with Gasteiger partial charge in [-0.3, -0.25) is 0 Å². The lowest BCUT2D eigenvalue weighted by Gasteiger charge is -2.23. The summed E-state index contributed by atoms with van der Waals surface area (Å²) in [5.74, 6) is 2.19. The van der Waals surface area contributed by atoms with Crippen LogP contribution < -0.4 is 5.32 Å². The van der Waals surface area contributed by atoms with Gasteiger partial charge in [0.2, 0.25) is 0 Å². The monoisotopic (exact) mass is 737 g/mol. The molecule has 0 saturated heterocycles. The minimum Gasteiger partial charge on any atom is -0.452 e. The average molecular weight is 738 g/mol. The molecular formula is C49H31N5OS. The molecule has 1 atom stereocenters. The smallest absolute Gasteiger partial charge is 0.180 e. The number of hydrogen-bond acceptors (Lipinski definition) is 7. The molecule has 0 saturated carbocycles. The van der Waals surface area contributed by atoms with Gasteiger partial charge in [0.15, 0.2) is 17.2 Å². The first kappa shape index (κ1) is 32.2. The standard InChI is InChI=1S/C49H31N5OS/c1-4-13-31(14-5-1)46-50-43(45-44(51-46)37-19-10-11-21-39(37)55-45)35-27-28-38-41(29-35)56-40-22-12-20-36(42(38)40)30-23-25-34(26-24-30)49-53-47(32-15-6-2-7-16-32)52-48(54-49)33-17-8-3-9-18-33/h1-29,47H,(H,52,53,54). The molecule has 0 aliphatic carbocycles. The van der Waals surface area contributed by atoms with Gasteiger partial charge >= 0.3 is 0 Å². The second kappa shape index (κ2) is 13.3. The number of benzene rings is 7. The number of aliphatic imine (C=N–C) groups is 2. The van der Waals surface area contributed by atoms with Gasteiger partial charge < -0.3 is 9.73 Å². The van der Waals surface area contributed by atoms with Crippen molar-refractivity contribution in [1.82, 2.24) is 15.3 Å². The Morgan fingerprint density at radius 3 is 2.04 bits per heavy atom. The van der Waals surface area contributed by atoms with Crippen LogP contribution in [0.15, 0.2) is 190 Å². The zero-order valence-electron chi connectivity index (χ0n) is 29.9. The van der Waals surface area contributed by atoms with Crippen LogP contribution in [0, 0.1) is 0 Å². The van der Waals surface area contributed by atoms with Crippen molar-refractivity contribution in [3.63, 3.8) is 0 Å². The topological polar surface area (TPSA) is 75.7 Å². The fourth-order valence-corrected chi connectivity index (χ4v) is 8.81. The van der Waals surface area contributed by atoms with Crippen LogP contribution in [0.3, 0.4) is 0 Å². The molecule has 7 aromatic carbocycles. The largest absolute Gasteiger partial charge is 0.452 e. The van der Waals surface area contributed by atoms with Gasteiger partial charge in [0, 0.05) is 47.8 Å². The maximum atomic E-state index is 6.45. The number of nitrogens with zero attached hydrogens (tertiary/aromatic N) is 4. The molecule has 1 N–H and O–H groups in total. The molecule has 1 aliphatic heterocycles. The highest BCUT2D eigenvalue weighted by molar-refractivity contribution is 7.26. The second-order valence-electron chi connectivity index (χ2n) is 13.8. The predicted molar refractivity (Wildman–Crippen MR) is 230 cm³/mol. The highest BCUT2D eigenvalue weighted by atomic mass is 32.1. The maximum absolute atomic E-state index is 6.45. The van der Waals surface area contributed by atoms with Crippen molar-refractivity contribution in [2.45, 2.75) is 6.17 Å². The molecule has 0 amide bonds. The Hall–Kier alpha value is -7.22. The number of rotatable bonds is 6. The van der Waals surface area contributed by atoms with E-state index in [4.69, 9.17) is 24.4 Å². The normalized spacial score (nSPS) is 14.2. The van der Waals surface area contributed by atoms with Crippen LogP contribution in [0.5, 0.6) is 0 Å². The molecule has 1 unspecified atom stereocenters. The van der Waals surface area contributed by atoms with Crippen molar-refractivity contribution in [3.05, 3.63) is 193 Å². The predicted octanol–water partition coefficient (Wildman–Crippen LogP) is 12.2. The first-order valence-electron chi connectivity index (χ1n) is 18.6. The summed E-state index contributed by atoms with van der Waals surface area (Å²) in [5.41, 5.74) is 10.4. The second-order valence-corrected chi connectivity index (χ2v) is 14.9. The van der Waals surface area contributed by atoms with Crippen LogP contribution >= 0.6 is 11.3 Å². The Kier molecular flexibility index (Phi) is 7.64. The highest BCUT2D eigenvalue weighted by Crippen LogP contribution is 2.43. The van der Waals surface area contributed by atoms with E-state index in [1.54, 1.807) is 11.3 Å².